The van der Waals surface area contributed by atoms with Gasteiger partial charge in [0.25, 0.3) is 0 Å². The van der Waals surface area contributed by atoms with E-state index in [4.69, 9.17) is 5.73 Å². The van der Waals surface area contributed by atoms with Crippen LogP contribution in [0, 0.1) is 0 Å². The average molecular weight is 363 g/mol. The topological polar surface area (TPSA) is 117 Å². The smallest absolute Gasteiger partial charge is 0.220 e. The van der Waals surface area contributed by atoms with Crippen molar-refractivity contribution in [3.05, 3.63) is 36.3 Å². The number of nitrogens with one attached hydrogen (secondary N) is 2. The molecule has 0 fully saturated rings. The van der Waals surface area contributed by atoms with Gasteiger partial charge in [0.2, 0.25) is 5.91 Å². The van der Waals surface area contributed by atoms with Gasteiger partial charge in [-0.05, 0) is 32.0 Å². The van der Waals surface area contributed by atoms with Gasteiger partial charge in [-0.15, -0.1) is 0 Å². The number of anilines is 1. The lowest BCUT2D eigenvalue weighted by Crippen LogP contribution is -2.34. The molecule has 1 aromatic carbocycles. The molecular formula is C19H21N7O. The lowest BCUT2D eigenvalue weighted by Gasteiger charge is -2.24. The Morgan fingerprint density at radius 3 is 2.74 bits per heavy atom. The van der Waals surface area contributed by atoms with Crippen LogP contribution in [0.25, 0.3) is 33.2 Å². The van der Waals surface area contributed by atoms with Crippen molar-refractivity contribution in [3.8, 4) is 11.3 Å². The maximum Gasteiger partial charge on any atom is 0.220 e. The van der Waals surface area contributed by atoms with Gasteiger partial charge in [0.1, 0.15) is 11.3 Å². The number of aromatic amines is 2. The molecule has 4 aromatic rings. The minimum Gasteiger partial charge on any atom is -0.382 e. The fourth-order valence-electron chi connectivity index (χ4n) is 3.29. The number of hydrogen-bond acceptors (Lipinski definition) is 5. The van der Waals surface area contributed by atoms with Crippen molar-refractivity contribution in [1.29, 1.82) is 0 Å². The van der Waals surface area contributed by atoms with Gasteiger partial charge < -0.3 is 15.6 Å². The van der Waals surface area contributed by atoms with Crippen LogP contribution in [0.1, 0.15) is 26.6 Å². The summed E-state index contributed by atoms with van der Waals surface area (Å²) in [4.78, 5) is 26.0. The summed E-state index contributed by atoms with van der Waals surface area (Å²) in [7, 11) is 0. The Kier molecular flexibility index (Phi) is 4.02. The van der Waals surface area contributed by atoms with Crippen LogP contribution in [-0.4, -0.2) is 42.0 Å². The molecule has 0 bridgehead atoms. The lowest BCUT2D eigenvalue weighted by molar-refractivity contribution is -0.131. The third kappa shape index (κ3) is 2.99. The fourth-order valence-corrected chi connectivity index (χ4v) is 3.29. The molecule has 0 aliphatic heterocycles. The van der Waals surface area contributed by atoms with Crippen molar-refractivity contribution in [2.24, 2.45) is 0 Å². The molecule has 27 heavy (non-hydrogen) atoms. The summed E-state index contributed by atoms with van der Waals surface area (Å²) in [5.41, 5.74) is 10.2. The van der Waals surface area contributed by atoms with Crippen molar-refractivity contribution < 1.29 is 4.79 Å². The molecule has 4 N–H and O–H groups in total. The number of pyridine rings is 1. The Hall–Kier alpha value is -3.42. The average Bonchev–Trinajstić information content (AvgIpc) is 3.29. The Morgan fingerprint density at radius 2 is 2.07 bits per heavy atom. The molecule has 4 rings (SSSR count). The summed E-state index contributed by atoms with van der Waals surface area (Å²) >= 11 is 0. The summed E-state index contributed by atoms with van der Waals surface area (Å²) < 4.78 is 0. The maximum absolute atomic E-state index is 11.9. The van der Waals surface area contributed by atoms with Crippen molar-refractivity contribution in [2.75, 3.05) is 5.73 Å². The van der Waals surface area contributed by atoms with Crippen molar-refractivity contribution in [2.45, 2.75) is 33.4 Å². The van der Waals surface area contributed by atoms with Gasteiger partial charge in [-0.3, -0.25) is 9.89 Å². The first-order valence-electron chi connectivity index (χ1n) is 8.79. The monoisotopic (exact) mass is 363 g/mol. The van der Waals surface area contributed by atoms with Gasteiger partial charge in [0.15, 0.2) is 5.82 Å². The zero-order valence-electron chi connectivity index (χ0n) is 15.4. The predicted molar refractivity (Wildman–Crippen MR) is 105 cm³/mol. The highest BCUT2D eigenvalue weighted by Crippen LogP contribution is 2.29. The number of aromatic nitrogens is 5. The van der Waals surface area contributed by atoms with Crippen LogP contribution in [0.15, 0.2) is 30.5 Å². The molecule has 0 saturated carbocycles. The molecule has 0 atom stereocenters. The number of nitrogen functional groups attached to an aromatic ring is 1. The van der Waals surface area contributed by atoms with E-state index >= 15 is 0 Å². The second-order valence-corrected chi connectivity index (χ2v) is 6.84. The van der Waals surface area contributed by atoms with E-state index in [0.717, 1.165) is 27.7 Å². The molecule has 0 aliphatic rings. The number of nitrogens with two attached hydrogens (primary N) is 1. The Morgan fingerprint density at radius 1 is 1.26 bits per heavy atom. The number of carbonyl (C=O) groups is 1. The standard InChI is InChI=1S/C19H21N7O/c1-10(2)26(11(3)27)9-16-23-17-13-5-4-12(14-6-7-21-25-14)8-15(13)22-19(20)18(17)24-16/h4-8,10H,9H2,1-3H3,(H2,20,22)(H,21,25)(H,23,24). The molecule has 0 aliphatic carbocycles. The molecule has 0 saturated heterocycles. The van der Waals surface area contributed by atoms with Gasteiger partial charge in [-0.1, -0.05) is 6.07 Å². The summed E-state index contributed by atoms with van der Waals surface area (Å²) in [5.74, 6) is 1.05. The van der Waals surface area contributed by atoms with Gasteiger partial charge in [-0.2, -0.15) is 5.10 Å². The molecule has 0 radical (unpaired) electrons. The Bertz CT molecular complexity index is 1130. The quantitative estimate of drug-likeness (QED) is 0.515. The van der Waals surface area contributed by atoms with Crippen LogP contribution < -0.4 is 5.73 Å². The van der Waals surface area contributed by atoms with E-state index in [1.165, 1.54) is 0 Å². The van der Waals surface area contributed by atoms with E-state index in [9.17, 15) is 4.79 Å². The Balaban J connectivity index is 1.81. The number of nitrogens with zero attached hydrogens (tertiary/aromatic N) is 4. The predicted octanol–water partition coefficient (Wildman–Crippen LogP) is 2.84. The van der Waals surface area contributed by atoms with Crippen molar-refractivity contribution in [3.63, 3.8) is 0 Å². The van der Waals surface area contributed by atoms with Crippen molar-refractivity contribution in [1.82, 2.24) is 30.0 Å². The largest absolute Gasteiger partial charge is 0.382 e. The zero-order chi connectivity index (χ0) is 19.1. The van der Waals surface area contributed by atoms with E-state index in [1.807, 2.05) is 38.1 Å². The Labute approximate surface area is 155 Å². The second kappa shape index (κ2) is 6.39. The normalized spacial score (nSPS) is 11.6. The van der Waals surface area contributed by atoms with Crippen LogP contribution in [-0.2, 0) is 11.3 Å². The van der Waals surface area contributed by atoms with E-state index < -0.39 is 0 Å². The number of hydrogen-bond donors (Lipinski definition) is 3. The number of fused-ring (bicyclic) bond motifs is 3. The first-order chi connectivity index (χ1) is 12.9. The SMILES string of the molecule is CC(=O)N(Cc1nc2c(N)nc3cc(-c4cc[nH]n4)ccc3c2[nH]1)C(C)C. The molecule has 0 unspecified atom stereocenters. The molecule has 8 heteroatoms. The van der Waals surface area contributed by atoms with Crippen LogP contribution >= 0.6 is 0 Å². The number of imidazole rings is 1. The molecule has 138 valence electrons. The van der Waals surface area contributed by atoms with E-state index in [2.05, 4.69) is 25.1 Å². The number of amides is 1. The second-order valence-electron chi connectivity index (χ2n) is 6.84. The summed E-state index contributed by atoms with van der Waals surface area (Å²) in [5, 5.41) is 7.95. The van der Waals surface area contributed by atoms with Crippen LogP contribution in [0.2, 0.25) is 0 Å². The molecule has 3 heterocycles. The minimum atomic E-state index is 0.00468. The summed E-state index contributed by atoms with van der Waals surface area (Å²) in [6, 6.07) is 7.92. The third-order valence-corrected chi connectivity index (χ3v) is 4.65. The first-order valence-corrected chi connectivity index (χ1v) is 8.79. The summed E-state index contributed by atoms with van der Waals surface area (Å²) in [6.07, 6.45) is 1.78. The van der Waals surface area contributed by atoms with Gasteiger partial charge >= 0.3 is 0 Å². The van der Waals surface area contributed by atoms with E-state index in [1.54, 1.807) is 18.0 Å². The highest BCUT2D eigenvalue weighted by atomic mass is 16.2. The fraction of sp³-hybridized carbons (Fsp3) is 0.263. The van der Waals surface area contributed by atoms with Crippen molar-refractivity contribution >= 4 is 33.7 Å². The molecule has 3 aromatic heterocycles. The van der Waals surface area contributed by atoms with E-state index in [0.29, 0.717) is 23.7 Å². The molecular weight excluding hydrogens is 342 g/mol. The molecule has 8 nitrogen and oxygen atoms in total. The van der Waals surface area contributed by atoms with Crippen LogP contribution in [0.3, 0.4) is 0 Å². The van der Waals surface area contributed by atoms with Gasteiger partial charge in [0.05, 0.1) is 23.3 Å². The van der Waals surface area contributed by atoms with E-state index in [-0.39, 0.29) is 11.9 Å². The summed E-state index contributed by atoms with van der Waals surface area (Å²) in [6.45, 7) is 5.91. The maximum atomic E-state index is 11.9. The molecule has 1 amide bonds. The minimum absolute atomic E-state index is 0.00468. The lowest BCUT2D eigenvalue weighted by atomic mass is 10.1. The van der Waals surface area contributed by atoms with Crippen LogP contribution in [0.4, 0.5) is 5.82 Å². The highest BCUT2D eigenvalue weighted by Gasteiger charge is 2.18. The third-order valence-electron chi connectivity index (χ3n) is 4.65. The first kappa shape index (κ1) is 17.0. The highest BCUT2D eigenvalue weighted by molar-refractivity contribution is 6.07. The van der Waals surface area contributed by atoms with Crippen LogP contribution in [0.5, 0.6) is 0 Å². The zero-order valence-corrected chi connectivity index (χ0v) is 15.4. The number of H-pyrrole nitrogens is 2. The number of rotatable bonds is 4. The van der Waals surface area contributed by atoms with Gasteiger partial charge in [0, 0.05) is 30.1 Å². The molecule has 0 spiro atoms. The number of carbonyl (C=O) groups excluding carboxylic acids is 1. The van der Waals surface area contributed by atoms with Gasteiger partial charge in [-0.25, -0.2) is 9.97 Å². The number of benzene rings is 1.